The average molecular weight is 312 g/mol. The topological polar surface area (TPSA) is 149 Å². The molecule has 12 heavy (non-hydrogen) atoms. The Hall–Kier alpha value is 1.64. The van der Waals surface area contributed by atoms with Crippen LogP contribution >= 0.6 is 0 Å². The normalized spacial score (nSPS) is 10.2. The van der Waals surface area contributed by atoms with E-state index in [1.54, 1.807) is 0 Å². The van der Waals surface area contributed by atoms with Gasteiger partial charge in [0, 0.05) is 17.4 Å². The van der Waals surface area contributed by atoms with Gasteiger partial charge in [0.25, 0.3) is 0 Å². The Kier molecular flexibility index (Phi) is 15.6. The predicted octanol–water partition coefficient (Wildman–Crippen LogP) is -3.14. The molecule has 0 radical (unpaired) electrons. The van der Waals surface area contributed by atoms with Crippen LogP contribution in [0.1, 0.15) is 0 Å². The molecule has 72 valence electrons. The molecular weight excluding hydrogens is 307 g/mol. The molecular formula is H5Cr3NaO8. The zero-order valence-electron chi connectivity index (χ0n) is 4.66. The molecule has 0 aromatic carbocycles. The first-order chi connectivity index (χ1) is 3.71. The van der Waals surface area contributed by atoms with Crippen LogP contribution in [-0.4, -0.2) is 43.3 Å². The Morgan fingerprint density at radius 2 is 1.08 bits per heavy atom. The van der Waals surface area contributed by atoms with E-state index in [-0.39, 0.29) is 52.4 Å². The van der Waals surface area contributed by atoms with Gasteiger partial charge >= 0.3 is 83.2 Å². The van der Waals surface area contributed by atoms with Crippen molar-refractivity contribution in [2.24, 2.45) is 0 Å². The molecule has 0 bridgehead atoms. The van der Waals surface area contributed by atoms with E-state index in [2.05, 4.69) is 2.84 Å². The van der Waals surface area contributed by atoms with E-state index in [0.717, 1.165) is 0 Å². The van der Waals surface area contributed by atoms with Crippen molar-refractivity contribution in [1.29, 1.82) is 0 Å². The molecule has 0 aliphatic heterocycles. The minimum absolute atomic E-state index is 0. The van der Waals surface area contributed by atoms with Crippen molar-refractivity contribution in [3.05, 3.63) is 0 Å². The molecule has 0 atom stereocenters. The summed E-state index contributed by atoms with van der Waals surface area (Å²) in [7, 11) is 0. The molecule has 0 aromatic rings. The Morgan fingerprint density at radius 1 is 0.917 bits per heavy atom. The van der Waals surface area contributed by atoms with Gasteiger partial charge in [-0.25, -0.2) is 0 Å². The molecule has 0 heterocycles. The molecule has 0 aliphatic carbocycles. The van der Waals surface area contributed by atoms with E-state index in [1.165, 1.54) is 0 Å². The first-order valence-electron chi connectivity index (χ1n) is 1.37. The fraction of sp³-hybridized carbons (Fsp3) is 0. The molecule has 0 aromatic heterocycles. The summed E-state index contributed by atoms with van der Waals surface area (Å²) in [5, 5.41) is 0. The first-order valence-corrected chi connectivity index (χ1v) is 5.63. The summed E-state index contributed by atoms with van der Waals surface area (Å²) in [6, 6.07) is 0. The third-order valence-corrected chi connectivity index (χ3v) is 2.92. The number of rotatable bonds is 2. The van der Waals surface area contributed by atoms with Crippen LogP contribution in [0, 0.1) is 0 Å². The summed E-state index contributed by atoms with van der Waals surface area (Å²) >= 11 is -11.5. The molecule has 0 saturated heterocycles. The SMILES string of the molecule is O.[Cr].[NaH].[O]=[Cr](=[O])([OH])[O][Cr](=[O])(=[O])[OH]. The summed E-state index contributed by atoms with van der Waals surface area (Å²) in [4.78, 5) is 0. The second-order valence-corrected chi connectivity index (χ2v) is 4.68. The first kappa shape index (κ1) is 23.4. The summed E-state index contributed by atoms with van der Waals surface area (Å²) < 4.78 is 56.3. The zero-order valence-corrected chi connectivity index (χ0v) is 8.49. The van der Waals surface area contributed by atoms with Crippen LogP contribution in [0.15, 0.2) is 0 Å². The van der Waals surface area contributed by atoms with E-state index in [4.69, 9.17) is 8.32 Å². The second-order valence-electron chi connectivity index (χ2n) is 0.924. The molecule has 0 amide bonds. The van der Waals surface area contributed by atoms with Gasteiger partial charge in [0.2, 0.25) is 0 Å². The van der Waals surface area contributed by atoms with Gasteiger partial charge in [-0.05, 0) is 0 Å². The van der Waals surface area contributed by atoms with Crippen LogP contribution in [0.25, 0.3) is 0 Å². The molecule has 8 nitrogen and oxygen atoms in total. The summed E-state index contributed by atoms with van der Waals surface area (Å²) in [5.74, 6) is 0. The van der Waals surface area contributed by atoms with E-state index < -0.39 is 27.2 Å². The van der Waals surface area contributed by atoms with Crippen molar-refractivity contribution in [2.75, 3.05) is 0 Å². The third-order valence-electron chi connectivity index (χ3n) is 0.172. The zero-order chi connectivity index (χ0) is 7.71. The second kappa shape index (κ2) is 7.99. The fourth-order valence-corrected chi connectivity index (χ4v) is 1.85. The molecule has 0 spiro atoms. The van der Waals surface area contributed by atoms with Crippen molar-refractivity contribution < 1.29 is 76.4 Å². The molecule has 0 rings (SSSR count). The fourth-order valence-electron chi connectivity index (χ4n) is 0.109. The van der Waals surface area contributed by atoms with Crippen LogP contribution in [-0.2, 0) is 62.6 Å². The molecule has 0 unspecified atom stereocenters. The van der Waals surface area contributed by atoms with Crippen LogP contribution in [0.2, 0.25) is 0 Å². The van der Waals surface area contributed by atoms with Gasteiger partial charge < -0.3 is 5.48 Å². The van der Waals surface area contributed by atoms with Crippen molar-refractivity contribution in [2.45, 2.75) is 0 Å². The van der Waals surface area contributed by atoms with Gasteiger partial charge in [0.05, 0.1) is 0 Å². The summed E-state index contributed by atoms with van der Waals surface area (Å²) in [5.41, 5.74) is 0. The summed E-state index contributed by atoms with van der Waals surface area (Å²) in [6.07, 6.45) is 0. The Bertz CT molecular complexity index is 239. The molecule has 4 N–H and O–H groups in total. The van der Waals surface area contributed by atoms with Crippen LogP contribution in [0.5, 0.6) is 0 Å². The van der Waals surface area contributed by atoms with Crippen molar-refractivity contribution in [1.82, 2.24) is 0 Å². The van der Waals surface area contributed by atoms with Crippen molar-refractivity contribution in [3.8, 4) is 0 Å². The average Bonchev–Trinajstić information content (AvgIpc) is 1.14. The Morgan fingerprint density at radius 3 is 1.08 bits per heavy atom. The van der Waals surface area contributed by atoms with Gasteiger partial charge in [-0.1, -0.05) is 0 Å². The third kappa shape index (κ3) is 22.6. The van der Waals surface area contributed by atoms with E-state index in [1.807, 2.05) is 0 Å². The van der Waals surface area contributed by atoms with Crippen LogP contribution < -0.4 is 0 Å². The van der Waals surface area contributed by atoms with Gasteiger partial charge in [0.1, 0.15) is 0 Å². The van der Waals surface area contributed by atoms with Crippen LogP contribution in [0.4, 0.5) is 0 Å². The van der Waals surface area contributed by atoms with Gasteiger partial charge in [-0.15, -0.1) is 0 Å². The standard InChI is InChI=1S/3Cr.Na.3H2O.5O.H/h;;;;3*1H2;;;;;;/q;2*+1;;;;;;;;;;/p-2. The summed E-state index contributed by atoms with van der Waals surface area (Å²) in [6.45, 7) is 0. The molecule has 0 saturated carbocycles. The van der Waals surface area contributed by atoms with Gasteiger partial charge in [0.15, 0.2) is 0 Å². The van der Waals surface area contributed by atoms with E-state index >= 15 is 0 Å². The van der Waals surface area contributed by atoms with Gasteiger partial charge in [-0.3, -0.25) is 0 Å². The van der Waals surface area contributed by atoms with E-state index in [9.17, 15) is 15.2 Å². The molecule has 12 heteroatoms. The Labute approximate surface area is 105 Å². The molecule has 0 fully saturated rings. The number of hydrogen-bond acceptors (Lipinski definition) is 5. The minimum atomic E-state index is -5.76. The predicted molar refractivity (Wildman–Crippen MR) is 19.0 cm³/mol. The Balaban J connectivity index is -0.000000107. The maximum atomic E-state index is 9.53. The van der Waals surface area contributed by atoms with Crippen LogP contribution in [0.3, 0.4) is 0 Å². The molecule has 0 aliphatic rings. The quantitative estimate of drug-likeness (QED) is 0.511. The number of hydrogen-bond donors (Lipinski definition) is 2. The maximum absolute atomic E-state index is 9.53. The van der Waals surface area contributed by atoms with Crippen molar-refractivity contribution >= 4 is 29.6 Å². The van der Waals surface area contributed by atoms with E-state index in [0.29, 0.717) is 0 Å². The van der Waals surface area contributed by atoms with Gasteiger partial charge in [-0.2, -0.15) is 0 Å². The monoisotopic (exact) mass is 312 g/mol. The van der Waals surface area contributed by atoms with Crippen molar-refractivity contribution in [3.63, 3.8) is 0 Å².